The van der Waals surface area contributed by atoms with Gasteiger partial charge in [-0.15, -0.1) is 0 Å². The maximum Gasteiger partial charge on any atom is 0.224 e. The minimum atomic E-state index is 0.0731. The summed E-state index contributed by atoms with van der Waals surface area (Å²) >= 11 is 0. The van der Waals surface area contributed by atoms with Crippen LogP contribution in [0.4, 0.5) is 5.69 Å². The second-order valence-corrected chi connectivity index (χ2v) is 5.62. The predicted molar refractivity (Wildman–Crippen MR) is 76.5 cm³/mol. The van der Waals surface area contributed by atoms with Gasteiger partial charge in [-0.2, -0.15) is 0 Å². The number of amides is 1. The lowest BCUT2D eigenvalue weighted by Crippen LogP contribution is -2.20. The van der Waals surface area contributed by atoms with Crippen LogP contribution in [0.25, 0.3) is 0 Å². The van der Waals surface area contributed by atoms with E-state index in [0.717, 1.165) is 18.5 Å². The van der Waals surface area contributed by atoms with E-state index in [2.05, 4.69) is 19.2 Å². The van der Waals surface area contributed by atoms with Crippen LogP contribution in [-0.2, 0) is 4.79 Å². The van der Waals surface area contributed by atoms with E-state index in [0.29, 0.717) is 13.0 Å². The van der Waals surface area contributed by atoms with Gasteiger partial charge < -0.3 is 11.1 Å². The molecule has 0 aliphatic heterocycles. The van der Waals surface area contributed by atoms with Gasteiger partial charge in [0.15, 0.2) is 0 Å². The van der Waals surface area contributed by atoms with Gasteiger partial charge in [0, 0.05) is 12.1 Å². The number of carbonyl (C=O) groups excluding carboxylic acids is 1. The van der Waals surface area contributed by atoms with Gasteiger partial charge >= 0.3 is 0 Å². The first-order chi connectivity index (χ1) is 8.43. The summed E-state index contributed by atoms with van der Waals surface area (Å²) in [6.07, 6.45) is 2.35. The summed E-state index contributed by atoms with van der Waals surface area (Å²) in [5.41, 5.74) is 7.75. The van der Waals surface area contributed by atoms with Gasteiger partial charge in [0.1, 0.15) is 0 Å². The van der Waals surface area contributed by atoms with Crippen LogP contribution in [0.15, 0.2) is 24.3 Å². The number of aryl methyl sites for hydroxylation is 1. The maximum atomic E-state index is 11.8. The smallest absolute Gasteiger partial charge is 0.224 e. The Hall–Kier alpha value is -1.35. The first kappa shape index (κ1) is 14.7. The van der Waals surface area contributed by atoms with Crippen molar-refractivity contribution in [2.45, 2.75) is 40.0 Å². The molecule has 3 heteroatoms. The predicted octanol–water partition coefficient (Wildman–Crippen LogP) is 3.09. The zero-order chi connectivity index (χ0) is 13.6. The van der Waals surface area contributed by atoms with E-state index < -0.39 is 0 Å². The van der Waals surface area contributed by atoms with Gasteiger partial charge in [-0.25, -0.2) is 0 Å². The lowest BCUT2D eigenvalue weighted by atomic mass is 9.84. The van der Waals surface area contributed by atoms with Gasteiger partial charge in [0.25, 0.3) is 0 Å². The van der Waals surface area contributed by atoms with Crippen molar-refractivity contribution in [3.8, 4) is 0 Å². The number of anilines is 1. The molecule has 18 heavy (non-hydrogen) atoms. The van der Waals surface area contributed by atoms with Gasteiger partial charge in [-0.1, -0.05) is 31.5 Å². The van der Waals surface area contributed by atoms with Gasteiger partial charge in [0.2, 0.25) is 5.91 Å². The topological polar surface area (TPSA) is 55.1 Å². The average molecular weight is 248 g/mol. The van der Waals surface area contributed by atoms with E-state index in [1.165, 1.54) is 5.56 Å². The SMILES string of the molecule is Cc1ccc(NC(=O)CCC(C)(C)CCN)cc1. The van der Waals surface area contributed by atoms with Crippen molar-refractivity contribution in [2.24, 2.45) is 11.1 Å². The summed E-state index contributed by atoms with van der Waals surface area (Å²) < 4.78 is 0. The largest absolute Gasteiger partial charge is 0.330 e. The molecule has 100 valence electrons. The molecule has 0 saturated carbocycles. The molecule has 3 nitrogen and oxygen atoms in total. The van der Waals surface area contributed by atoms with Crippen molar-refractivity contribution in [2.75, 3.05) is 11.9 Å². The Labute approximate surface area is 110 Å². The second-order valence-electron chi connectivity index (χ2n) is 5.62. The van der Waals surface area contributed by atoms with Crippen LogP contribution in [-0.4, -0.2) is 12.5 Å². The maximum absolute atomic E-state index is 11.8. The molecule has 0 spiro atoms. The van der Waals surface area contributed by atoms with Crippen molar-refractivity contribution >= 4 is 11.6 Å². The Bertz CT molecular complexity index is 382. The number of hydrogen-bond acceptors (Lipinski definition) is 2. The molecule has 0 fully saturated rings. The third-order valence-electron chi connectivity index (χ3n) is 3.19. The summed E-state index contributed by atoms with van der Waals surface area (Å²) in [7, 11) is 0. The minimum Gasteiger partial charge on any atom is -0.330 e. The van der Waals surface area contributed by atoms with Crippen molar-refractivity contribution in [1.82, 2.24) is 0 Å². The van der Waals surface area contributed by atoms with Crippen LogP contribution < -0.4 is 11.1 Å². The number of carbonyl (C=O) groups is 1. The third-order valence-corrected chi connectivity index (χ3v) is 3.19. The average Bonchev–Trinajstić information content (AvgIpc) is 2.30. The highest BCUT2D eigenvalue weighted by Gasteiger charge is 2.18. The first-order valence-electron chi connectivity index (χ1n) is 6.49. The van der Waals surface area contributed by atoms with E-state index in [9.17, 15) is 4.79 Å². The van der Waals surface area contributed by atoms with Crippen LogP contribution in [0, 0.1) is 12.3 Å². The van der Waals surface area contributed by atoms with Gasteiger partial charge in [0.05, 0.1) is 0 Å². The van der Waals surface area contributed by atoms with Gasteiger partial charge in [-0.05, 0) is 43.9 Å². The third kappa shape index (κ3) is 5.32. The molecule has 0 radical (unpaired) electrons. The fraction of sp³-hybridized carbons (Fsp3) is 0.533. The molecule has 0 bridgehead atoms. The summed E-state index contributed by atoms with van der Waals surface area (Å²) in [5, 5.41) is 2.91. The fourth-order valence-electron chi connectivity index (χ4n) is 1.83. The molecule has 0 saturated heterocycles. The van der Waals surface area contributed by atoms with Gasteiger partial charge in [-0.3, -0.25) is 4.79 Å². The van der Waals surface area contributed by atoms with Crippen LogP contribution >= 0.6 is 0 Å². The summed E-state index contributed by atoms with van der Waals surface area (Å²) in [5.74, 6) is 0.0731. The molecule has 1 aromatic rings. The van der Waals surface area contributed by atoms with E-state index in [1.54, 1.807) is 0 Å². The van der Waals surface area contributed by atoms with Crippen LogP contribution in [0.2, 0.25) is 0 Å². The Balaban J connectivity index is 2.40. The van der Waals surface area contributed by atoms with E-state index in [1.807, 2.05) is 31.2 Å². The van der Waals surface area contributed by atoms with E-state index in [-0.39, 0.29) is 11.3 Å². The molecule has 0 atom stereocenters. The fourth-order valence-corrected chi connectivity index (χ4v) is 1.83. The number of rotatable bonds is 6. The molecule has 1 amide bonds. The van der Waals surface area contributed by atoms with Crippen LogP contribution in [0.1, 0.15) is 38.7 Å². The van der Waals surface area contributed by atoms with Crippen molar-refractivity contribution < 1.29 is 4.79 Å². The molecule has 1 aromatic carbocycles. The lowest BCUT2D eigenvalue weighted by molar-refractivity contribution is -0.116. The Morgan fingerprint density at radius 3 is 2.39 bits per heavy atom. The number of nitrogens with one attached hydrogen (secondary N) is 1. The van der Waals surface area contributed by atoms with Crippen LogP contribution in [0.5, 0.6) is 0 Å². The molecule has 3 N–H and O–H groups in total. The standard InChI is InChI=1S/C15H24N2O/c1-12-4-6-13(7-5-12)17-14(18)8-9-15(2,3)10-11-16/h4-7H,8-11,16H2,1-3H3,(H,17,18). The normalized spacial score (nSPS) is 11.3. The first-order valence-corrected chi connectivity index (χ1v) is 6.49. The quantitative estimate of drug-likeness (QED) is 0.812. The Morgan fingerprint density at radius 2 is 1.83 bits per heavy atom. The zero-order valence-corrected chi connectivity index (χ0v) is 11.6. The monoisotopic (exact) mass is 248 g/mol. The van der Waals surface area contributed by atoms with Crippen LogP contribution in [0.3, 0.4) is 0 Å². The number of nitrogens with two attached hydrogens (primary N) is 1. The highest BCUT2D eigenvalue weighted by Crippen LogP contribution is 2.26. The Morgan fingerprint density at radius 1 is 1.22 bits per heavy atom. The summed E-state index contributed by atoms with van der Waals surface area (Å²) in [6.45, 7) is 7.01. The second kappa shape index (κ2) is 6.55. The molecular formula is C15H24N2O. The molecule has 0 aliphatic rings. The summed E-state index contributed by atoms with van der Waals surface area (Å²) in [4.78, 5) is 11.8. The van der Waals surface area contributed by atoms with Crippen molar-refractivity contribution in [3.05, 3.63) is 29.8 Å². The number of benzene rings is 1. The van der Waals surface area contributed by atoms with E-state index >= 15 is 0 Å². The molecule has 0 unspecified atom stereocenters. The van der Waals surface area contributed by atoms with E-state index in [4.69, 9.17) is 5.73 Å². The minimum absolute atomic E-state index is 0.0731. The molecule has 1 rings (SSSR count). The molecule has 0 heterocycles. The Kier molecular flexibility index (Phi) is 5.35. The molecule has 0 aliphatic carbocycles. The molecular weight excluding hydrogens is 224 g/mol. The highest BCUT2D eigenvalue weighted by atomic mass is 16.1. The highest BCUT2D eigenvalue weighted by molar-refractivity contribution is 5.90. The number of hydrogen-bond donors (Lipinski definition) is 2. The molecule has 0 aromatic heterocycles. The zero-order valence-electron chi connectivity index (χ0n) is 11.6. The summed E-state index contributed by atoms with van der Waals surface area (Å²) in [6, 6.07) is 7.85. The van der Waals surface area contributed by atoms with Crippen molar-refractivity contribution in [3.63, 3.8) is 0 Å². The van der Waals surface area contributed by atoms with Crippen molar-refractivity contribution in [1.29, 1.82) is 0 Å². The lowest BCUT2D eigenvalue weighted by Gasteiger charge is -2.23.